The maximum absolute atomic E-state index is 11.9. The second-order valence-electron chi connectivity index (χ2n) is 4.53. The maximum Gasteiger partial charge on any atom is 0.337 e. The quantitative estimate of drug-likeness (QED) is 0.654. The number of esters is 1. The Balaban J connectivity index is 1.78. The molecule has 2 aromatic rings. The van der Waals surface area contributed by atoms with E-state index < -0.39 is 5.97 Å². The van der Waals surface area contributed by atoms with Gasteiger partial charge in [0.1, 0.15) is 0 Å². The van der Waals surface area contributed by atoms with Crippen molar-refractivity contribution in [2.45, 2.75) is 11.3 Å². The van der Waals surface area contributed by atoms with Crippen LogP contribution in [0.1, 0.15) is 16.8 Å². The third-order valence-corrected chi connectivity index (χ3v) is 3.94. The molecule has 0 bridgehead atoms. The highest BCUT2D eigenvalue weighted by molar-refractivity contribution is 7.99. The lowest BCUT2D eigenvalue weighted by Gasteiger charge is -2.06. The molecule has 0 atom stereocenters. The molecule has 114 valence electrons. The Kier molecular flexibility index (Phi) is 6.03. The molecule has 5 heteroatoms. The van der Waals surface area contributed by atoms with E-state index in [1.165, 1.54) is 7.11 Å². The Hall–Kier alpha value is -2.27. The molecule has 0 aliphatic rings. The van der Waals surface area contributed by atoms with Crippen molar-refractivity contribution in [3.63, 3.8) is 0 Å². The van der Waals surface area contributed by atoms with Crippen molar-refractivity contribution >= 4 is 29.3 Å². The number of rotatable bonds is 6. The van der Waals surface area contributed by atoms with Gasteiger partial charge in [0.15, 0.2) is 0 Å². The number of thioether (sulfide) groups is 1. The van der Waals surface area contributed by atoms with Crippen LogP contribution in [-0.2, 0) is 9.53 Å². The minimum Gasteiger partial charge on any atom is -0.465 e. The van der Waals surface area contributed by atoms with Crippen LogP contribution in [0.3, 0.4) is 0 Å². The molecule has 1 N–H and O–H groups in total. The number of ether oxygens (including phenoxy) is 1. The summed E-state index contributed by atoms with van der Waals surface area (Å²) in [5.74, 6) is 0.280. The van der Waals surface area contributed by atoms with E-state index in [1.807, 2.05) is 30.3 Å². The van der Waals surface area contributed by atoms with Crippen molar-refractivity contribution in [1.29, 1.82) is 0 Å². The summed E-state index contributed by atoms with van der Waals surface area (Å²) in [4.78, 5) is 24.3. The summed E-state index contributed by atoms with van der Waals surface area (Å²) in [6.45, 7) is 0. The van der Waals surface area contributed by atoms with E-state index in [-0.39, 0.29) is 5.91 Å². The number of anilines is 1. The van der Waals surface area contributed by atoms with Gasteiger partial charge in [0.25, 0.3) is 0 Å². The minimum atomic E-state index is -0.392. The van der Waals surface area contributed by atoms with Crippen molar-refractivity contribution in [3.8, 4) is 0 Å². The van der Waals surface area contributed by atoms with Gasteiger partial charge < -0.3 is 10.1 Å². The van der Waals surface area contributed by atoms with Gasteiger partial charge in [-0.25, -0.2) is 4.79 Å². The minimum absolute atomic E-state index is 0.0470. The van der Waals surface area contributed by atoms with Gasteiger partial charge in [-0.3, -0.25) is 4.79 Å². The highest BCUT2D eigenvalue weighted by atomic mass is 32.2. The Morgan fingerprint density at radius 3 is 2.36 bits per heavy atom. The number of methoxy groups -OCH3 is 1. The maximum atomic E-state index is 11.9. The molecule has 0 unspecified atom stereocenters. The van der Waals surface area contributed by atoms with Gasteiger partial charge in [0.05, 0.1) is 12.7 Å². The number of hydrogen-bond donors (Lipinski definition) is 1. The Morgan fingerprint density at radius 2 is 1.73 bits per heavy atom. The van der Waals surface area contributed by atoms with Crippen molar-refractivity contribution in [2.75, 3.05) is 18.2 Å². The molecule has 0 heterocycles. The lowest BCUT2D eigenvalue weighted by atomic mass is 10.2. The molecule has 1 amide bonds. The third kappa shape index (κ3) is 4.93. The monoisotopic (exact) mass is 315 g/mol. The van der Waals surface area contributed by atoms with Crippen LogP contribution in [0, 0.1) is 0 Å². The van der Waals surface area contributed by atoms with Crippen LogP contribution in [0.5, 0.6) is 0 Å². The first-order valence-corrected chi connectivity index (χ1v) is 7.83. The summed E-state index contributed by atoms with van der Waals surface area (Å²) >= 11 is 1.65. The molecule has 0 aromatic heterocycles. The van der Waals surface area contributed by atoms with E-state index in [2.05, 4.69) is 10.1 Å². The van der Waals surface area contributed by atoms with Crippen molar-refractivity contribution in [3.05, 3.63) is 60.2 Å². The van der Waals surface area contributed by atoms with Gasteiger partial charge in [-0.2, -0.15) is 0 Å². The smallest absolute Gasteiger partial charge is 0.337 e. The molecule has 4 nitrogen and oxygen atoms in total. The molecule has 0 fully saturated rings. The molecule has 22 heavy (non-hydrogen) atoms. The number of carbonyl (C=O) groups excluding carboxylic acids is 2. The average molecular weight is 315 g/mol. The third-order valence-electron chi connectivity index (χ3n) is 2.93. The van der Waals surface area contributed by atoms with Crippen molar-refractivity contribution in [1.82, 2.24) is 0 Å². The van der Waals surface area contributed by atoms with Crippen LogP contribution < -0.4 is 5.32 Å². The van der Waals surface area contributed by atoms with Gasteiger partial charge in [-0.15, -0.1) is 11.8 Å². The second-order valence-corrected chi connectivity index (χ2v) is 5.70. The van der Waals surface area contributed by atoms with Crippen LogP contribution in [0.15, 0.2) is 59.5 Å². The normalized spacial score (nSPS) is 10.0. The molecule has 2 aromatic carbocycles. The zero-order valence-electron chi connectivity index (χ0n) is 12.2. The van der Waals surface area contributed by atoms with E-state index in [9.17, 15) is 9.59 Å². The van der Waals surface area contributed by atoms with E-state index in [4.69, 9.17) is 0 Å². The molecule has 0 saturated carbocycles. The molecule has 0 aliphatic carbocycles. The SMILES string of the molecule is COC(=O)c1ccc(NC(=O)CCSc2ccccc2)cc1. The van der Waals surface area contributed by atoms with Crippen LogP contribution in [0.25, 0.3) is 0 Å². The summed E-state index contributed by atoms with van der Waals surface area (Å²) < 4.78 is 4.62. The van der Waals surface area contributed by atoms with Crippen LogP contribution in [0.2, 0.25) is 0 Å². The lowest BCUT2D eigenvalue weighted by Crippen LogP contribution is -2.12. The Labute approximate surface area is 133 Å². The van der Waals surface area contributed by atoms with E-state index in [0.717, 1.165) is 10.6 Å². The number of amides is 1. The summed E-state index contributed by atoms with van der Waals surface area (Å²) in [5.41, 5.74) is 1.13. The molecule has 0 radical (unpaired) electrons. The predicted molar refractivity (Wildman–Crippen MR) is 88.2 cm³/mol. The van der Waals surface area contributed by atoms with Gasteiger partial charge in [0.2, 0.25) is 5.91 Å². The van der Waals surface area contributed by atoms with E-state index >= 15 is 0 Å². The summed E-state index contributed by atoms with van der Waals surface area (Å²) in [6.07, 6.45) is 0.429. The number of carbonyl (C=O) groups is 2. The van der Waals surface area contributed by atoms with Gasteiger partial charge in [-0.1, -0.05) is 18.2 Å². The number of hydrogen-bond acceptors (Lipinski definition) is 4. The zero-order chi connectivity index (χ0) is 15.8. The predicted octanol–water partition coefficient (Wildman–Crippen LogP) is 3.59. The number of benzene rings is 2. The fourth-order valence-electron chi connectivity index (χ4n) is 1.81. The van der Waals surface area contributed by atoms with Crippen LogP contribution in [0.4, 0.5) is 5.69 Å². The summed E-state index contributed by atoms with van der Waals surface area (Å²) in [6, 6.07) is 16.6. The van der Waals surface area contributed by atoms with Crippen molar-refractivity contribution in [2.24, 2.45) is 0 Å². The van der Waals surface area contributed by atoms with E-state index in [0.29, 0.717) is 17.7 Å². The first-order chi connectivity index (χ1) is 10.7. The average Bonchev–Trinajstić information content (AvgIpc) is 2.56. The van der Waals surface area contributed by atoms with Crippen molar-refractivity contribution < 1.29 is 14.3 Å². The summed E-state index contributed by atoms with van der Waals surface area (Å²) in [7, 11) is 1.34. The molecule has 0 saturated heterocycles. The highest BCUT2D eigenvalue weighted by Gasteiger charge is 2.06. The molecule has 2 rings (SSSR count). The fraction of sp³-hybridized carbons (Fsp3) is 0.176. The standard InChI is InChI=1S/C17H17NO3S/c1-21-17(20)13-7-9-14(10-8-13)18-16(19)11-12-22-15-5-3-2-4-6-15/h2-10H,11-12H2,1H3,(H,18,19). The van der Waals surface area contributed by atoms with E-state index in [1.54, 1.807) is 36.0 Å². The Bertz CT molecular complexity index is 626. The molecular weight excluding hydrogens is 298 g/mol. The summed E-state index contributed by atoms with van der Waals surface area (Å²) in [5, 5.41) is 2.81. The van der Waals surface area contributed by atoms with Gasteiger partial charge in [-0.05, 0) is 36.4 Å². The molecular formula is C17H17NO3S. The first kappa shape index (κ1) is 16.1. The zero-order valence-corrected chi connectivity index (χ0v) is 13.1. The largest absolute Gasteiger partial charge is 0.465 e. The van der Waals surface area contributed by atoms with Gasteiger partial charge in [0, 0.05) is 22.8 Å². The van der Waals surface area contributed by atoms with Gasteiger partial charge >= 0.3 is 5.97 Å². The van der Waals surface area contributed by atoms with Crippen LogP contribution >= 0.6 is 11.8 Å². The highest BCUT2D eigenvalue weighted by Crippen LogP contribution is 2.18. The topological polar surface area (TPSA) is 55.4 Å². The second kappa shape index (κ2) is 8.24. The first-order valence-electron chi connectivity index (χ1n) is 6.85. The molecule has 0 spiro atoms. The lowest BCUT2D eigenvalue weighted by molar-refractivity contribution is -0.115. The fourth-order valence-corrected chi connectivity index (χ4v) is 2.68. The number of nitrogens with one attached hydrogen (secondary N) is 1. The Morgan fingerprint density at radius 1 is 1.05 bits per heavy atom. The molecule has 0 aliphatic heterocycles. The van der Waals surface area contributed by atoms with Crippen LogP contribution in [-0.4, -0.2) is 24.7 Å².